The minimum atomic E-state index is -0.893. The van der Waals surface area contributed by atoms with Gasteiger partial charge in [0.1, 0.15) is 5.82 Å². The third kappa shape index (κ3) is 6.50. The fourth-order valence-electron chi connectivity index (χ4n) is 3.24. The van der Waals surface area contributed by atoms with Crippen molar-refractivity contribution in [2.75, 3.05) is 0 Å². The fourth-order valence-corrected chi connectivity index (χ4v) is 3.24. The molecule has 0 aliphatic carbocycles. The van der Waals surface area contributed by atoms with Crippen molar-refractivity contribution in [3.8, 4) is 0 Å². The number of nitrogens with zero attached hydrogens (tertiary/aromatic N) is 1. The molecule has 31 heavy (non-hydrogen) atoms. The van der Waals surface area contributed by atoms with Crippen LogP contribution in [0.3, 0.4) is 0 Å². The lowest BCUT2D eigenvalue weighted by Gasteiger charge is -2.18. The summed E-state index contributed by atoms with van der Waals surface area (Å²) in [4.78, 5) is 43.6. The first kappa shape index (κ1) is 22.2. The summed E-state index contributed by atoms with van der Waals surface area (Å²) < 4.78 is 5.24. The van der Waals surface area contributed by atoms with Gasteiger partial charge < -0.3 is 15.0 Å². The topological polar surface area (TPSA) is 101 Å². The molecule has 1 aromatic heterocycles. The van der Waals surface area contributed by atoms with Crippen LogP contribution in [0.4, 0.5) is 0 Å². The van der Waals surface area contributed by atoms with Crippen molar-refractivity contribution in [3.05, 3.63) is 76.3 Å². The van der Waals surface area contributed by atoms with Crippen molar-refractivity contribution in [3.63, 3.8) is 0 Å². The number of carbonyl (C=O) groups is 2. The van der Waals surface area contributed by atoms with Crippen LogP contribution < -0.4 is 10.9 Å². The zero-order valence-corrected chi connectivity index (χ0v) is 17.8. The number of amides is 1. The number of H-pyrrole nitrogens is 1. The van der Waals surface area contributed by atoms with Gasteiger partial charge in [-0.05, 0) is 44.4 Å². The number of aromatic nitrogens is 2. The highest BCUT2D eigenvalue weighted by Crippen LogP contribution is 2.08. The largest absolute Gasteiger partial charge is 0.453 e. The Morgan fingerprint density at radius 3 is 2.52 bits per heavy atom. The Bertz CT molecular complexity index is 1090. The SMILES string of the molecule is C[C@H](CCc1ccccc1)NC(=O)[C@H](C)OC(=O)CCc1nc2ccccc2c(=O)[nH]1. The highest BCUT2D eigenvalue weighted by molar-refractivity contribution is 5.83. The van der Waals surface area contributed by atoms with Crippen molar-refractivity contribution >= 4 is 22.8 Å². The molecule has 7 heteroatoms. The second-order valence-corrected chi connectivity index (χ2v) is 7.60. The van der Waals surface area contributed by atoms with Crippen molar-refractivity contribution in [2.45, 2.75) is 51.7 Å². The summed E-state index contributed by atoms with van der Waals surface area (Å²) in [5.41, 5.74) is 1.54. The summed E-state index contributed by atoms with van der Waals surface area (Å²) in [6.45, 7) is 3.48. The van der Waals surface area contributed by atoms with E-state index in [-0.39, 0.29) is 30.3 Å². The van der Waals surface area contributed by atoms with Crippen LogP contribution in [-0.4, -0.2) is 34.0 Å². The van der Waals surface area contributed by atoms with Crippen LogP contribution in [0, 0.1) is 0 Å². The van der Waals surface area contributed by atoms with Gasteiger partial charge in [0.05, 0.1) is 17.3 Å². The smallest absolute Gasteiger partial charge is 0.307 e. The standard InChI is InChI=1S/C24H27N3O4/c1-16(12-13-18-8-4-3-5-9-18)25-23(29)17(2)31-22(28)15-14-21-26-20-11-7-6-10-19(20)24(30)27-21/h3-11,16-17H,12-15H2,1-2H3,(H,25,29)(H,26,27,30)/t16-,17+/m1/s1. The van der Waals surface area contributed by atoms with Gasteiger partial charge in [-0.2, -0.15) is 0 Å². The van der Waals surface area contributed by atoms with Crippen molar-refractivity contribution in [1.82, 2.24) is 15.3 Å². The maximum atomic E-state index is 12.3. The van der Waals surface area contributed by atoms with Gasteiger partial charge in [0.2, 0.25) is 0 Å². The Kier molecular flexibility index (Phi) is 7.54. The van der Waals surface area contributed by atoms with Crippen molar-refractivity contribution in [1.29, 1.82) is 0 Å². The van der Waals surface area contributed by atoms with Gasteiger partial charge in [0.25, 0.3) is 11.5 Å². The molecule has 2 aromatic carbocycles. The molecule has 2 N–H and O–H groups in total. The van der Waals surface area contributed by atoms with Crippen LogP contribution in [-0.2, 0) is 27.2 Å². The number of aryl methyl sites for hydroxylation is 2. The summed E-state index contributed by atoms with van der Waals surface area (Å²) in [5.74, 6) is -0.436. The number of para-hydroxylation sites is 1. The maximum Gasteiger partial charge on any atom is 0.307 e. The Labute approximate surface area is 180 Å². The second-order valence-electron chi connectivity index (χ2n) is 7.60. The van der Waals surface area contributed by atoms with Gasteiger partial charge in [-0.3, -0.25) is 14.4 Å². The molecule has 0 saturated carbocycles. The molecule has 2 atom stereocenters. The summed E-state index contributed by atoms with van der Waals surface area (Å²) in [6, 6.07) is 17.0. The van der Waals surface area contributed by atoms with Crippen molar-refractivity contribution < 1.29 is 14.3 Å². The average Bonchev–Trinajstić information content (AvgIpc) is 2.77. The molecule has 0 bridgehead atoms. The molecule has 1 amide bonds. The molecule has 0 spiro atoms. The molecule has 3 rings (SSSR count). The van der Waals surface area contributed by atoms with E-state index in [1.807, 2.05) is 25.1 Å². The molecule has 0 aliphatic rings. The molecule has 1 heterocycles. The predicted molar refractivity (Wildman–Crippen MR) is 119 cm³/mol. The number of hydrogen-bond donors (Lipinski definition) is 2. The Hall–Kier alpha value is -3.48. The first-order valence-electron chi connectivity index (χ1n) is 10.4. The monoisotopic (exact) mass is 421 g/mol. The third-order valence-electron chi connectivity index (χ3n) is 5.00. The summed E-state index contributed by atoms with van der Waals surface area (Å²) in [7, 11) is 0. The van der Waals surface area contributed by atoms with E-state index in [4.69, 9.17) is 4.74 Å². The second kappa shape index (κ2) is 10.5. The van der Waals surface area contributed by atoms with E-state index >= 15 is 0 Å². The van der Waals surface area contributed by atoms with Crippen LogP contribution in [0.15, 0.2) is 59.4 Å². The minimum Gasteiger partial charge on any atom is -0.453 e. The lowest BCUT2D eigenvalue weighted by molar-refractivity contribution is -0.155. The number of hydrogen-bond acceptors (Lipinski definition) is 5. The fraction of sp³-hybridized carbons (Fsp3) is 0.333. The zero-order valence-electron chi connectivity index (χ0n) is 17.8. The van der Waals surface area contributed by atoms with Gasteiger partial charge in [-0.1, -0.05) is 42.5 Å². The molecule has 0 unspecified atom stereocenters. The van der Waals surface area contributed by atoms with Crippen LogP contribution in [0.5, 0.6) is 0 Å². The summed E-state index contributed by atoms with van der Waals surface area (Å²) >= 11 is 0. The van der Waals surface area contributed by atoms with Crippen LogP contribution in [0.2, 0.25) is 0 Å². The lowest BCUT2D eigenvalue weighted by atomic mass is 10.1. The molecule has 0 aliphatic heterocycles. The van der Waals surface area contributed by atoms with Crippen LogP contribution in [0.25, 0.3) is 10.9 Å². The molecule has 3 aromatic rings. The number of rotatable bonds is 9. The molecule has 0 fully saturated rings. The quantitative estimate of drug-likeness (QED) is 0.518. The number of aromatic amines is 1. The summed E-state index contributed by atoms with van der Waals surface area (Å²) in [6.07, 6.45) is 0.990. The predicted octanol–water partition coefficient (Wildman–Crippen LogP) is 2.92. The van der Waals surface area contributed by atoms with Gasteiger partial charge in [0.15, 0.2) is 6.10 Å². The Morgan fingerprint density at radius 1 is 1.03 bits per heavy atom. The Morgan fingerprint density at radius 2 is 1.74 bits per heavy atom. The number of nitrogens with one attached hydrogen (secondary N) is 2. The van der Waals surface area contributed by atoms with Gasteiger partial charge in [-0.25, -0.2) is 4.98 Å². The van der Waals surface area contributed by atoms with E-state index in [1.54, 1.807) is 31.2 Å². The molecular formula is C24H27N3O4. The lowest BCUT2D eigenvalue weighted by Crippen LogP contribution is -2.41. The van der Waals surface area contributed by atoms with Gasteiger partial charge in [0, 0.05) is 12.5 Å². The molecule has 162 valence electrons. The number of esters is 1. The highest BCUT2D eigenvalue weighted by Gasteiger charge is 2.19. The first-order chi connectivity index (χ1) is 14.9. The van der Waals surface area contributed by atoms with E-state index in [0.29, 0.717) is 16.7 Å². The van der Waals surface area contributed by atoms with E-state index in [0.717, 1.165) is 12.8 Å². The molecule has 0 radical (unpaired) electrons. The summed E-state index contributed by atoms with van der Waals surface area (Å²) in [5, 5.41) is 3.38. The average molecular weight is 421 g/mol. The van der Waals surface area contributed by atoms with E-state index < -0.39 is 12.1 Å². The third-order valence-corrected chi connectivity index (χ3v) is 5.00. The van der Waals surface area contributed by atoms with E-state index in [2.05, 4.69) is 27.4 Å². The maximum absolute atomic E-state index is 12.3. The number of carbonyl (C=O) groups excluding carboxylic acids is 2. The zero-order chi connectivity index (χ0) is 22.2. The first-order valence-corrected chi connectivity index (χ1v) is 10.4. The highest BCUT2D eigenvalue weighted by atomic mass is 16.5. The molecule has 0 saturated heterocycles. The molecule has 7 nitrogen and oxygen atoms in total. The van der Waals surface area contributed by atoms with E-state index in [1.165, 1.54) is 5.56 Å². The van der Waals surface area contributed by atoms with Crippen LogP contribution >= 0.6 is 0 Å². The van der Waals surface area contributed by atoms with Gasteiger partial charge >= 0.3 is 5.97 Å². The molecular weight excluding hydrogens is 394 g/mol. The van der Waals surface area contributed by atoms with Gasteiger partial charge in [-0.15, -0.1) is 0 Å². The normalized spacial score (nSPS) is 12.8. The number of ether oxygens (including phenoxy) is 1. The van der Waals surface area contributed by atoms with Crippen molar-refractivity contribution in [2.24, 2.45) is 0 Å². The Balaban J connectivity index is 1.44. The minimum absolute atomic E-state index is 0.0163. The van der Waals surface area contributed by atoms with Crippen LogP contribution in [0.1, 0.15) is 38.1 Å². The van der Waals surface area contributed by atoms with E-state index in [9.17, 15) is 14.4 Å². The number of fused-ring (bicyclic) bond motifs is 1. The number of benzene rings is 2.